The van der Waals surface area contributed by atoms with Crippen molar-refractivity contribution in [2.45, 2.75) is 32.7 Å². The van der Waals surface area contributed by atoms with Crippen LogP contribution in [0.5, 0.6) is 0 Å². The molecule has 3 aromatic heterocycles. The summed E-state index contributed by atoms with van der Waals surface area (Å²) >= 11 is 1.73. The molecule has 3 heterocycles. The number of aryl methyl sites for hydroxylation is 1. The minimum absolute atomic E-state index is 0.117. The summed E-state index contributed by atoms with van der Waals surface area (Å²) < 4.78 is 1.61. The van der Waals surface area contributed by atoms with E-state index in [9.17, 15) is 9.90 Å². The van der Waals surface area contributed by atoms with Crippen molar-refractivity contribution in [2.75, 3.05) is 13.2 Å². The van der Waals surface area contributed by atoms with E-state index in [1.807, 2.05) is 30.3 Å². The van der Waals surface area contributed by atoms with Crippen molar-refractivity contribution in [2.24, 2.45) is 5.92 Å². The number of hydrogen-bond donors (Lipinski definition) is 1. The van der Waals surface area contributed by atoms with Gasteiger partial charge in [0.2, 0.25) is 5.82 Å². The van der Waals surface area contributed by atoms with Gasteiger partial charge < -0.3 is 10.0 Å². The Morgan fingerprint density at radius 3 is 2.97 bits per heavy atom. The first-order valence-corrected chi connectivity index (χ1v) is 11.1. The maximum absolute atomic E-state index is 13.2. The fraction of sp³-hybridized carbons (Fsp3) is 0.364. The Labute approximate surface area is 178 Å². The van der Waals surface area contributed by atoms with Crippen molar-refractivity contribution in [1.29, 1.82) is 0 Å². The molecule has 4 aromatic rings. The molecule has 30 heavy (non-hydrogen) atoms. The molecule has 0 fully saturated rings. The Hall–Kier alpha value is -2.84. The molecule has 1 aromatic carbocycles. The predicted molar refractivity (Wildman–Crippen MR) is 116 cm³/mol. The zero-order chi connectivity index (χ0) is 20.7. The average molecular weight is 422 g/mol. The van der Waals surface area contributed by atoms with Gasteiger partial charge in [0.1, 0.15) is 11.2 Å². The van der Waals surface area contributed by atoms with E-state index >= 15 is 0 Å². The number of nitrogens with zero attached hydrogens (tertiary/aromatic N) is 5. The second-order valence-electron chi connectivity index (χ2n) is 7.92. The Morgan fingerprint density at radius 2 is 2.17 bits per heavy atom. The number of amides is 1. The number of carbonyl (C=O) groups is 1. The first-order chi connectivity index (χ1) is 14.6. The van der Waals surface area contributed by atoms with Gasteiger partial charge in [-0.1, -0.05) is 37.3 Å². The van der Waals surface area contributed by atoms with Crippen molar-refractivity contribution in [3.8, 4) is 0 Å². The number of thiophene rings is 1. The second kappa shape index (κ2) is 7.77. The molecule has 1 amide bonds. The van der Waals surface area contributed by atoms with Gasteiger partial charge in [-0.25, -0.2) is 14.5 Å². The van der Waals surface area contributed by atoms with Crippen molar-refractivity contribution in [1.82, 2.24) is 24.5 Å². The minimum atomic E-state index is -0.290. The molecular weight excluding hydrogens is 398 g/mol. The van der Waals surface area contributed by atoms with Gasteiger partial charge in [-0.15, -0.1) is 16.4 Å². The fourth-order valence-corrected chi connectivity index (χ4v) is 5.33. The maximum Gasteiger partial charge on any atom is 0.293 e. The Morgan fingerprint density at radius 1 is 1.33 bits per heavy atom. The van der Waals surface area contributed by atoms with Gasteiger partial charge in [-0.3, -0.25) is 4.79 Å². The highest BCUT2D eigenvalue weighted by molar-refractivity contribution is 7.19. The van der Waals surface area contributed by atoms with Gasteiger partial charge >= 0.3 is 0 Å². The molecular formula is C22H23N5O2S. The molecule has 0 spiro atoms. The normalized spacial score (nSPS) is 16.1. The fourth-order valence-electron chi connectivity index (χ4n) is 4.16. The van der Waals surface area contributed by atoms with Crippen LogP contribution >= 0.6 is 11.3 Å². The van der Waals surface area contributed by atoms with E-state index in [0.29, 0.717) is 18.1 Å². The highest BCUT2D eigenvalue weighted by atomic mass is 32.1. The number of benzene rings is 1. The maximum atomic E-state index is 13.2. The molecule has 0 radical (unpaired) electrons. The van der Waals surface area contributed by atoms with Crippen LogP contribution in [-0.4, -0.2) is 48.6 Å². The second-order valence-corrected chi connectivity index (χ2v) is 9.00. The molecule has 0 saturated heterocycles. The lowest BCUT2D eigenvalue weighted by molar-refractivity contribution is 0.0696. The average Bonchev–Trinajstić information content (AvgIpc) is 3.34. The summed E-state index contributed by atoms with van der Waals surface area (Å²) in [7, 11) is 0. The van der Waals surface area contributed by atoms with Crippen LogP contribution in [0.25, 0.3) is 15.9 Å². The van der Waals surface area contributed by atoms with Crippen LogP contribution in [0.1, 0.15) is 40.0 Å². The predicted octanol–water partition coefficient (Wildman–Crippen LogP) is 3.10. The summed E-state index contributed by atoms with van der Waals surface area (Å²) in [5.74, 6) is 0.477. The molecule has 1 atom stereocenters. The first kappa shape index (κ1) is 19.1. The summed E-state index contributed by atoms with van der Waals surface area (Å²) in [5.41, 5.74) is 3.00. The first-order valence-electron chi connectivity index (χ1n) is 10.2. The van der Waals surface area contributed by atoms with E-state index < -0.39 is 0 Å². The van der Waals surface area contributed by atoms with Crippen LogP contribution in [0.4, 0.5) is 0 Å². The lowest BCUT2D eigenvalue weighted by Gasteiger charge is -2.20. The summed E-state index contributed by atoms with van der Waals surface area (Å²) in [4.78, 5) is 26.3. The van der Waals surface area contributed by atoms with Gasteiger partial charge in [-0.05, 0) is 36.3 Å². The molecule has 0 unspecified atom stereocenters. The van der Waals surface area contributed by atoms with Crippen LogP contribution < -0.4 is 0 Å². The third-order valence-electron chi connectivity index (χ3n) is 5.69. The molecule has 154 valence electrons. The summed E-state index contributed by atoms with van der Waals surface area (Å²) in [6.07, 6.45) is 4.92. The molecule has 7 nitrogen and oxygen atoms in total. The van der Waals surface area contributed by atoms with Gasteiger partial charge in [0.05, 0.1) is 12.0 Å². The summed E-state index contributed by atoms with van der Waals surface area (Å²) in [6.45, 7) is 2.78. The number of aliphatic hydroxyl groups excluding tert-OH is 1. The Kier molecular flexibility index (Phi) is 4.96. The monoisotopic (exact) mass is 421 g/mol. The van der Waals surface area contributed by atoms with E-state index in [0.717, 1.165) is 28.6 Å². The van der Waals surface area contributed by atoms with Gasteiger partial charge in [-0.2, -0.15) is 0 Å². The largest absolute Gasteiger partial charge is 0.395 e. The van der Waals surface area contributed by atoms with Crippen molar-refractivity contribution in [3.63, 3.8) is 0 Å². The van der Waals surface area contributed by atoms with Crippen LogP contribution in [0.3, 0.4) is 0 Å². The Bertz CT molecular complexity index is 1220. The third-order valence-corrected chi connectivity index (χ3v) is 6.89. The topological polar surface area (TPSA) is 83.6 Å². The third kappa shape index (κ3) is 3.36. The van der Waals surface area contributed by atoms with Crippen molar-refractivity contribution >= 4 is 33.1 Å². The molecule has 0 bridgehead atoms. The van der Waals surface area contributed by atoms with Crippen LogP contribution in [0, 0.1) is 5.92 Å². The Balaban J connectivity index is 1.54. The van der Waals surface area contributed by atoms with Crippen molar-refractivity contribution in [3.05, 3.63) is 58.5 Å². The summed E-state index contributed by atoms with van der Waals surface area (Å²) in [5, 5.41) is 14.9. The van der Waals surface area contributed by atoms with E-state index in [4.69, 9.17) is 0 Å². The number of aromatic nitrogens is 4. The van der Waals surface area contributed by atoms with Crippen LogP contribution in [0.15, 0.2) is 36.7 Å². The number of aliphatic hydroxyl groups is 1. The molecule has 0 aliphatic heterocycles. The highest BCUT2D eigenvalue weighted by Crippen LogP contribution is 2.38. The van der Waals surface area contributed by atoms with Gasteiger partial charge in [0.15, 0.2) is 5.65 Å². The van der Waals surface area contributed by atoms with Crippen LogP contribution in [0.2, 0.25) is 0 Å². The molecule has 1 aliphatic rings. The van der Waals surface area contributed by atoms with E-state index in [1.165, 1.54) is 16.9 Å². The molecule has 0 saturated carbocycles. The quantitative estimate of drug-likeness (QED) is 0.535. The zero-order valence-corrected chi connectivity index (χ0v) is 17.6. The number of hydrogen-bond acceptors (Lipinski definition) is 6. The standard InChI is InChI=1S/C22H23N5O2S/c1-14-7-8-17-16(11-14)18-20-24-19(25-27(20)13-23-21(18)30-17)22(29)26(9-10-28)12-15-5-3-2-4-6-15/h2-6,13-14,28H,7-12H2,1H3/t14-/m0/s1. The molecule has 1 aliphatic carbocycles. The van der Waals surface area contributed by atoms with Crippen LogP contribution in [-0.2, 0) is 19.4 Å². The number of rotatable bonds is 5. The highest BCUT2D eigenvalue weighted by Gasteiger charge is 2.26. The molecule has 1 N–H and O–H groups in total. The van der Waals surface area contributed by atoms with E-state index in [2.05, 4.69) is 22.0 Å². The van der Waals surface area contributed by atoms with E-state index in [-0.39, 0.29) is 24.9 Å². The number of fused-ring (bicyclic) bond motifs is 5. The minimum Gasteiger partial charge on any atom is -0.395 e. The summed E-state index contributed by atoms with van der Waals surface area (Å²) in [6, 6.07) is 9.72. The zero-order valence-electron chi connectivity index (χ0n) is 16.8. The van der Waals surface area contributed by atoms with E-state index in [1.54, 1.807) is 27.1 Å². The number of carbonyl (C=O) groups excluding carboxylic acids is 1. The lowest BCUT2D eigenvalue weighted by atomic mass is 9.89. The van der Waals surface area contributed by atoms with Gasteiger partial charge in [0, 0.05) is 18.0 Å². The smallest absolute Gasteiger partial charge is 0.293 e. The SMILES string of the molecule is C[C@H]1CCc2sc3ncn4nc(C(=O)N(CCO)Cc5ccccc5)nc4c3c2C1. The molecule has 8 heteroatoms. The van der Waals surface area contributed by atoms with Crippen molar-refractivity contribution < 1.29 is 9.90 Å². The molecule has 5 rings (SSSR count). The lowest BCUT2D eigenvalue weighted by Crippen LogP contribution is -2.33. The van der Waals surface area contributed by atoms with Gasteiger partial charge in [0.25, 0.3) is 5.91 Å².